The number of rotatable bonds is 3. The Morgan fingerprint density at radius 1 is 1.83 bits per heavy atom. The number of likely N-dealkylation sites (tertiary alicyclic amines) is 1. The zero-order valence-electron chi connectivity index (χ0n) is 7.49. The summed E-state index contributed by atoms with van der Waals surface area (Å²) in [5, 5.41) is 0. The van der Waals surface area contributed by atoms with E-state index in [1.54, 1.807) is 6.08 Å². The minimum absolute atomic E-state index is 0.206. The molecule has 0 saturated carbocycles. The fourth-order valence-corrected chi connectivity index (χ4v) is 1.68. The van der Waals surface area contributed by atoms with E-state index in [1.165, 1.54) is 0 Å². The highest BCUT2D eigenvalue weighted by molar-refractivity contribution is 5.79. The van der Waals surface area contributed by atoms with E-state index in [1.807, 2.05) is 11.8 Å². The Kier molecular flexibility index (Phi) is 2.87. The van der Waals surface area contributed by atoms with Crippen molar-refractivity contribution >= 4 is 5.91 Å². The van der Waals surface area contributed by atoms with Gasteiger partial charge in [-0.15, -0.1) is 6.58 Å². The molecule has 1 heterocycles. The van der Waals surface area contributed by atoms with Gasteiger partial charge < -0.3 is 10.6 Å². The van der Waals surface area contributed by atoms with Crippen molar-refractivity contribution in [2.75, 3.05) is 13.1 Å². The Hall–Kier alpha value is -0.830. The molecule has 1 aliphatic heterocycles. The van der Waals surface area contributed by atoms with Crippen molar-refractivity contribution < 1.29 is 4.79 Å². The molecule has 2 N–H and O–H groups in total. The van der Waals surface area contributed by atoms with Gasteiger partial charge in [-0.2, -0.15) is 0 Å². The number of hydrogen-bond acceptors (Lipinski definition) is 2. The molecule has 0 radical (unpaired) electrons. The van der Waals surface area contributed by atoms with Gasteiger partial charge in [0.1, 0.15) is 0 Å². The van der Waals surface area contributed by atoms with Gasteiger partial charge in [-0.25, -0.2) is 0 Å². The minimum atomic E-state index is 0.206. The van der Waals surface area contributed by atoms with Crippen LogP contribution in [0, 0.1) is 5.92 Å². The third kappa shape index (κ3) is 1.50. The van der Waals surface area contributed by atoms with Crippen molar-refractivity contribution in [3.05, 3.63) is 12.7 Å². The SMILES string of the molecule is C=CCN1C(=O)CC(CN)C1C. The number of carbonyl (C=O) groups excluding carboxylic acids is 1. The van der Waals surface area contributed by atoms with Crippen molar-refractivity contribution in [3.63, 3.8) is 0 Å². The van der Waals surface area contributed by atoms with Gasteiger partial charge in [-0.05, 0) is 13.5 Å². The summed E-state index contributed by atoms with van der Waals surface area (Å²) in [6, 6.07) is 0.278. The third-order valence-electron chi connectivity index (χ3n) is 2.56. The lowest BCUT2D eigenvalue weighted by Gasteiger charge is -2.22. The lowest BCUT2D eigenvalue weighted by molar-refractivity contribution is -0.128. The lowest BCUT2D eigenvalue weighted by atomic mass is 10.0. The summed E-state index contributed by atoms with van der Waals surface area (Å²) in [7, 11) is 0. The molecule has 0 aromatic carbocycles. The first-order chi connectivity index (χ1) is 5.70. The van der Waals surface area contributed by atoms with Crippen LogP contribution in [-0.4, -0.2) is 29.9 Å². The molecule has 3 nitrogen and oxygen atoms in total. The molecular formula is C9H16N2O. The fourth-order valence-electron chi connectivity index (χ4n) is 1.68. The first-order valence-corrected chi connectivity index (χ1v) is 4.31. The highest BCUT2D eigenvalue weighted by Gasteiger charge is 2.34. The molecule has 1 rings (SSSR count). The molecule has 0 aromatic rings. The average Bonchev–Trinajstić information content (AvgIpc) is 2.32. The Bertz CT molecular complexity index is 191. The quantitative estimate of drug-likeness (QED) is 0.619. The molecule has 2 unspecified atom stereocenters. The molecule has 1 fully saturated rings. The molecule has 0 spiro atoms. The van der Waals surface area contributed by atoms with E-state index in [0.29, 0.717) is 25.4 Å². The second-order valence-electron chi connectivity index (χ2n) is 3.28. The van der Waals surface area contributed by atoms with Crippen molar-refractivity contribution in [1.29, 1.82) is 0 Å². The van der Waals surface area contributed by atoms with Crippen molar-refractivity contribution in [3.8, 4) is 0 Å². The smallest absolute Gasteiger partial charge is 0.223 e. The first kappa shape index (κ1) is 9.26. The minimum Gasteiger partial charge on any atom is -0.336 e. The molecule has 1 amide bonds. The van der Waals surface area contributed by atoms with E-state index < -0.39 is 0 Å². The van der Waals surface area contributed by atoms with E-state index in [0.717, 1.165) is 0 Å². The summed E-state index contributed by atoms with van der Waals surface area (Å²) in [6.07, 6.45) is 2.36. The number of amides is 1. The highest BCUT2D eigenvalue weighted by atomic mass is 16.2. The van der Waals surface area contributed by atoms with Crippen LogP contribution in [0.2, 0.25) is 0 Å². The second kappa shape index (κ2) is 3.72. The van der Waals surface area contributed by atoms with Crippen LogP contribution in [0.4, 0.5) is 0 Å². The average molecular weight is 168 g/mol. The normalized spacial score (nSPS) is 29.5. The van der Waals surface area contributed by atoms with E-state index in [-0.39, 0.29) is 11.9 Å². The molecular weight excluding hydrogens is 152 g/mol. The molecule has 0 aliphatic carbocycles. The summed E-state index contributed by atoms with van der Waals surface area (Å²) in [5.74, 6) is 0.537. The van der Waals surface area contributed by atoms with Gasteiger partial charge in [0.25, 0.3) is 0 Å². The summed E-state index contributed by atoms with van der Waals surface area (Å²) in [4.78, 5) is 13.2. The Morgan fingerprint density at radius 3 is 2.92 bits per heavy atom. The molecule has 3 heteroatoms. The van der Waals surface area contributed by atoms with Crippen LogP contribution in [-0.2, 0) is 4.79 Å². The predicted molar refractivity (Wildman–Crippen MR) is 48.5 cm³/mol. The highest BCUT2D eigenvalue weighted by Crippen LogP contribution is 2.23. The van der Waals surface area contributed by atoms with Crippen molar-refractivity contribution in [2.24, 2.45) is 11.7 Å². The molecule has 12 heavy (non-hydrogen) atoms. The van der Waals surface area contributed by atoms with Gasteiger partial charge in [0.2, 0.25) is 5.91 Å². The first-order valence-electron chi connectivity index (χ1n) is 4.31. The summed E-state index contributed by atoms with van der Waals surface area (Å²) in [6.45, 7) is 6.91. The van der Waals surface area contributed by atoms with Crippen LogP contribution in [0.1, 0.15) is 13.3 Å². The Morgan fingerprint density at radius 2 is 2.50 bits per heavy atom. The maximum atomic E-state index is 11.4. The third-order valence-corrected chi connectivity index (χ3v) is 2.56. The molecule has 1 saturated heterocycles. The summed E-state index contributed by atoms with van der Waals surface area (Å²) < 4.78 is 0. The van der Waals surface area contributed by atoms with Gasteiger partial charge in [0.15, 0.2) is 0 Å². The number of hydrogen-bond donors (Lipinski definition) is 1. The maximum Gasteiger partial charge on any atom is 0.223 e. The number of nitrogens with two attached hydrogens (primary N) is 1. The maximum absolute atomic E-state index is 11.4. The molecule has 2 atom stereocenters. The van der Waals surface area contributed by atoms with Crippen molar-refractivity contribution in [1.82, 2.24) is 4.90 Å². The van der Waals surface area contributed by atoms with Gasteiger partial charge in [0.05, 0.1) is 0 Å². The Balaban J connectivity index is 2.63. The van der Waals surface area contributed by atoms with Crippen LogP contribution >= 0.6 is 0 Å². The Labute approximate surface area is 73.2 Å². The second-order valence-corrected chi connectivity index (χ2v) is 3.28. The number of carbonyl (C=O) groups is 1. The van der Waals surface area contributed by atoms with E-state index in [4.69, 9.17) is 5.73 Å². The molecule has 0 bridgehead atoms. The van der Waals surface area contributed by atoms with Gasteiger partial charge in [-0.3, -0.25) is 4.79 Å². The fraction of sp³-hybridized carbons (Fsp3) is 0.667. The van der Waals surface area contributed by atoms with Crippen molar-refractivity contribution in [2.45, 2.75) is 19.4 Å². The van der Waals surface area contributed by atoms with Crippen LogP contribution in [0.5, 0.6) is 0 Å². The van der Waals surface area contributed by atoms with E-state index in [9.17, 15) is 4.79 Å². The largest absolute Gasteiger partial charge is 0.336 e. The van der Waals surface area contributed by atoms with Crippen LogP contribution in [0.15, 0.2) is 12.7 Å². The lowest BCUT2D eigenvalue weighted by Crippen LogP contribution is -2.34. The topological polar surface area (TPSA) is 46.3 Å². The van der Waals surface area contributed by atoms with Crippen LogP contribution in [0.25, 0.3) is 0 Å². The summed E-state index contributed by atoms with van der Waals surface area (Å²) in [5.41, 5.74) is 5.54. The molecule has 0 aromatic heterocycles. The zero-order valence-corrected chi connectivity index (χ0v) is 7.49. The standard InChI is InChI=1S/C9H16N2O/c1-3-4-11-7(2)8(6-10)5-9(11)12/h3,7-8H,1,4-6,10H2,2H3. The van der Waals surface area contributed by atoms with E-state index >= 15 is 0 Å². The summed E-state index contributed by atoms with van der Waals surface area (Å²) >= 11 is 0. The monoisotopic (exact) mass is 168 g/mol. The van der Waals surface area contributed by atoms with Crippen LogP contribution < -0.4 is 5.73 Å². The van der Waals surface area contributed by atoms with Gasteiger partial charge in [0, 0.05) is 24.9 Å². The number of nitrogens with zero attached hydrogens (tertiary/aromatic N) is 1. The van der Waals surface area contributed by atoms with Gasteiger partial charge >= 0.3 is 0 Å². The zero-order chi connectivity index (χ0) is 9.14. The molecule has 68 valence electrons. The predicted octanol–water partition coefficient (Wildman–Crippen LogP) is 0.368. The van der Waals surface area contributed by atoms with Gasteiger partial charge in [-0.1, -0.05) is 6.08 Å². The van der Waals surface area contributed by atoms with Crippen LogP contribution in [0.3, 0.4) is 0 Å². The van der Waals surface area contributed by atoms with E-state index in [2.05, 4.69) is 6.58 Å². The molecule has 1 aliphatic rings.